The molecule has 0 fully saturated rings. The SMILES string of the molecule is Cc1nc2ccccc2n1CCCNC(=O)c1csc(CN)n1.Cl.Cl. The Labute approximate surface area is 162 Å². The third-order valence-corrected chi connectivity index (χ3v) is 4.52. The number of halogens is 2. The van der Waals surface area contributed by atoms with Crippen LogP contribution in [0.2, 0.25) is 0 Å². The molecule has 0 aliphatic rings. The maximum Gasteiger partial charge on any atom is 0.270 e. The van der Waals surface area contributed by atoms with Gasteiger partial charge < -0.3 is 15.6 Å². The van der Waals surface area contributed by atoms with E-state index < -0.39 is 0 Å². The van der Waals surface area contributed by atoms with Crippen LogP contribution in [0.5, 0.6) is 0 Å². The van der Waals surface area contributed by atoms with Crippen molar-refractivity contribution in [3.8, 4) is 0 Å². The zero-order valence-corrected chi connectivity index (χ0v) is 16.2. The molecular formula is C16H21Cl2N5OS. The van der Waals surface area contributed by atoms with Crippen LogP contribution in [0.1, 0.15) is 27.7 Å². The van der Waals surface area contributed by atoms with Crippen LogP contribution in [0.25, 0.3) is 11.0 Å². The van der Waals surface area contributed by atoms with Crippen LogP contribution in [-0.4, -0.2) is 27.0 Å². The molecule has 3 aromatic rings. The fourth-order valence-electron chi connectivity index (χ4n) is 2.52. The molecule has 9 heteroatoms. The van der Waals surface area contributed by atoms with Crippen LogP contribution >= 0.6 is 36.2 Å². The first kappa shape index (κ1) is 21.4. The molecule has 136 valence electrons. The number of carbonyl (C=O) groups is 1. The van der Waals surface area contributed by atoms with Gasteiger partial charge in [-0.3, -0.25) is 4.79 Å². The third kappa shape index (κ3) is 4.92. The summed E-state index contributed by atoms with van der Waals surface area (Å²) in [6, 6.07) is 8.08. The average Bonchev–Trinajstić information content (AvgIpc) is 3.15. The Morgan fingerprint density at radius 2 is 2.04 bits per heavy atom. The number of amides is 1. The van der Waals surface area contributed by atoms with Crippen molar-refractivity contribution >= 4 is 53.1 Å². The summed E-state index contributed by atoms with van der Waals surface area (Å²) in [5, 5.41) is 5.41. The summed E-state index contributed by atoms with van der Waals surface area (Å²) in [5.74, 6) is 0.845. The van der Waals surface area contributed by atoms with Gasteiger partial charge in [0.25, 0.3) is 5.91 Å². The summed E-state index contributed by atoms with van der Waals surface area (Å²) in [6.45, 7) is 3.78. The van der Waals surface area contributed by atoms with Crippen LogP contribution < -0.4 is 11.1 Å². The molecule has 1 amide bonds. The van der Waals surface area contributed by atoms with Gasteiger partial charge in [-0.05, 0) is 25.5 Å². The average molecular weight is 402 g/mol. The van der Waals surface area contributed by atoms with Gasteiger partial charge in [0.05, 0.1) is 11.0 Å². The summed E-state index contributed by atoms with van der Waals surface area (Å²) in [7, 11) is 0. The minimum Gasteiger partial charge on any atom is -0.351 e. The molecule has 0 spiro atoms. The van der Waals surface area contributed by atoms with Crippen molar-refractivity contribution in [2.24, 2.45) is 5.73 Å². The number of nitrogens with two attached hydrogens (primary N) is 1. The molecule has 3 rings (SSSR count). The van der Waals surface area contributed by atoms with Crippen LogP contribution in [0.3, 0.4) is 0 Å². The lowest BCUT2D eigenvalue weighted by Crippen LogP contribution is -2.25. The molecule has 6 nitrogen and oxygen atoms in total. The van der Waals surface area contributed by atoms with Gasteiger partial charge in [0.15, 0.2) is 0 Å². The van der Waals surface area contributed by atoms with Crippen molar-refractivity contribution in [1.29, 1.82) is 0 Å². The third-order valence-electron chi connectivity index (χ3n) is 3.65. The van der Waals surface area contributed by atoms with E-state index in [0.29, 0.717) is 18.8 Å². The highest BCUT2D eigenvalue weighted by molar-refractivity contribution is 7.09. The summed E-state index contributed by atoms with van der Waals surface area (Å²) in [5.41, 5.74) is 8.08. The second-order valence-electron chi connectivity index (χ2n) is 5.24. The van der Waals surface area contributed by atoms with E-state index in [9.17, 15) is 4.79 Å². The molecule has 2 aromatic heterocycles. The molecule has 0 unspecified atom stereocenters. The Bertz CT molecular complexity index is 833. The number of nitrogens with zero attached hydrogens (tertiary/aromatic N) is 3. The number of carbonyl (C=O) groups excluding carboxylic acids is 1. The number of aryl methyl sites for hydroxylation is 2. The van der Waals surface area contributed by atoms with Crippen molar-refractivity contribution in [1.82, 2.24) is 19.9 Å². The van der Waals surface area contributed by atoms with Gasteiger partial charge in [-0.1, -0.05) is 12.1 Å². The predicted octanol–water partition coefficient (Wildman–Crippen LogP) is 2.92. The zero-order valence-electron chi connectivity index (χ0n) is 13.8. The Kier molecular flexibility index (Phi) is 8.31. The fourth-order valence-corrected chi connectivity index (χ4v) is 3.17. The van der Waals surface area contributed by atoms with Crippen molar-refractivity contribution < 1.29 is 4.79 Å². The number of nitrogens with one attached hydrogen (secondary N) is 1. The highest BCUT2D eigenvalue weighted by Gasteiger charge is 2.10. The number of fused-ring (bicyclic) bond motifs is 1. The summed E-state index contributed by atoms with van der Waals surface area (Å²) in [4.78, 5) is 20.7. The smallest absolute Gasteiger partial charge is 0.270 e. The van der Waals surface area contributed by atoms with Crippen molar-refractivity contribution in [3.05, 3.63) is 46.2 Å². The molecule has 1 aromatic carbocycles. The van der Waals surface area contributed by atoms with Crippen molar-refractivity contribution in [2.45, 2.75) is 26.4 Å². The number of thiazole rings is 1. The molecule has 0 saturated carbocycles. The highest BCUT2D eigenvalue weighted by Crippen LogP contribution is 2.15. The minimum atomic E-state index is -0.145. The van der Waals surface area contributed by atoms with E-state index in [0.717, 1.165) is 34.8 Å². The largest absolute Gasteiger partial charge is 0.351 e. The number of benzene rings is 1. The normalized spacial score (nSPS) is 10.2. The first-order valence-corrected chi connectivity index (χ1v) is 8.41. The van der Waals surface area contributed by atoms with Gasteiger partial charge in [-0.15, -0.1) is 36.2 Å². The van der Waals surface area contributed by atoms with Crippen molar-refractivity contribution in [3.63, 3.8) is 0 Å². The first-order valence-electron chi connectivity index (χ1n) is 7.53. The van der Waals surface area contributed by atoms with Crippen LogP contribution in [0.4, 0.5) is 0 Å². The van der Waals surface area contributed by atoms with Crippen LogP contribution in [-0.2, 0) is 13.1 Å². The molecule has 3 N–H and O–H groups in total. The molecule has 0 aliphatic carbocycles. The van der Waals surface area contributed by atoms with Gasteiger partial charge >= 0.3 is 0 Å². The number of hydrogen-bond donors (Lipinski definition) is 2. The number of para-hydroxylation sites is 2. The molecule has 2 heterocycles. The predicted molar refractivity (Wildman–Crippen MR) is 106 cm³/mol. The summed E-state index contributed by atoms with van der Waals surface area (Å²) < 4.78 is 2.18. The Morgan fingerprint density at radius 3 is 2.76 bits per heavy atom. The molecule has 0 aliphatic heterocycles. The molecule has 0 atom stereocenters. The van der Waals surface area contributed by atoms with E-state index in [1.807, 2.05) is 25.1 Å². The van der Waals surface area contributed by atoms with E-state index in [4.69, 9.17) is 5.73 Å². The molecule has 0 saturated heterocycles. The second-order valence-corrected chi connectivity index (χ2v) is 6.18. The fraction of sp³-hybridized carbons (Fsp3) is 0.312. The number of hydrogen-bond acceptors (Lipinski definition) is 5. The highest BCUT2D eigenvalue weighted by atomic mass is 35.5. The monoisotopic (exact) mass is 401 g/mol. The van der Waals surface area contributed by atoms with Gasteiger partial charge in [0.1, 0.15) is 16.5 Å². The van der Waals surface area contributed by atoms with E-state index in [1.165, 1.54) is 11.3 Å². The van der Waals surface area contributed by atoms with Gasteiger partial charge in [0.2, 0.25) is 0 Å². The molecular weight excluding hydrogens is 381 g/mol. The van der Waals surface area contributed by atoms with Crippen LogP contribution in [0.15, 0.2) is 29.6 Å². The minimum absolute atomic E-state index is 0. The Balaban J connectivity index is 0.00000156. The maximum atomic E-state index is 12.0. The lowest BCUT2D eigenvalue weighted by atomic mass is 10.3. The number of imidazole rings is 1. The van der Waals surface area contributed by atoms with E-state index in [2.05, 4.69) is 25.9 Å². The van der Waals surface area contributed by atoms with Gasteiger partial charge in [0, 0.05) is 25.0 Å². The van der Waals surface area contributed by atoms with Gasteiger partial charge in [-0.2, -0.15) is 0 Å². The lowest BCUT2D eigenvalue weighted by Gasteiger charge is -2.07. The zero-order chi connectivity index (χ0) is 16.2. The maximum absolute atomic E-state index is 12.0. The molecule has 0 radical (unpaired) electrons. The first-order chi connectivity index (χ1) is 11.2. The number of rotatable bonds is 6. The summed E-state index contributed by atoms with van der Waals surface area (Å²) >= 11 is 1.41. The lowest BCUT2D eigenvalue weighted by molar-refractivity contribution is 0.0948. The summed E-state index contributed by atoms with van der Waals surface area (Å²) in [6.07, 6.45) is 0.834. The molecule has 25 heavy (non-hydrogen) atoms. The Hall–Kier alpha value is -1.67. The molecule has 0 bridgehead atoms. The second kappa shape index (κ2) is 9.72. The van der Waals surface area contributed by atoms with Gasteiger partial charge in [-0.25, -0.2) is 9.97 Å². The van der Waals surface area contributed by atoms with E-state index in [1.54, 1.807) is 5.38 Å². The number of aromatic nitrogens is 3. The topological polar surface area (TPSA) is 85.8 Å². The van der Waals surface area contributed by atoms with Crippen molar-refractivity contribution in [2.75, 3.05) is 6.54 Å². The standard InChI is InChI=1S/C16H19N5OS.2ClH/c1-11-19-12-5-2-3-6-14(12)21(11)8-4-7-18-16(22)13-10-23-15(9-17)20-13;;/h2-3,5-6,10H,4,7-9,17H2,1H3,(H,18,22);2*1H. The van der Waals surface area contributed by atoms with E-state index >= 15 is 0 Å². The Morgan fingerprint density at radius 1 is 1.28 bits per heavy atom. The van der Waals surface area contributed by atoms with Crippen LogP contribution in [0, 0.1) is 6.92 Å². The quantitative estimate of drug-likeness (QED) is 0.621. The van der Waals surface area contributed by atoms with E-state index in [-0.39, 0.29) is 30.7 Å².